The molecule has 0 saturated carbocycles. The Morgan fingerprint density at radius 2 is 1.71 bits per heavy atom. The first-order valence-corrected chi connectivity index (χ1v) is 5.95. The second-order valence-corrected chi connectivity index (χ2v) is 4.75. The van der Waals surface area contributed by atoms with Gasteiger partial charge in [0.15, 0.2) is 0 Å². The smallest absolute Gasteiger partial charge is 0.238 e. The molecule has 1 rings (SSSR count). The third-order valence-corrected chi connectivity index (χ3v) is 2.89. The van der Waals surface area contributed by atoms with Crippen LogP contribution in [0.25, 0.3) is 0 Å². The van der Waals surface area contributed by atoms with Gasteiger partial charge in [0.25, 0.3) is 0 Å². The molecule has 0 aliphatic carbocycles. The van der Waals surface area contributed by atoms with Gasteiger partial charge < -0.3 is 4.90 Å². The second-order valence-electron chi connectivity index (χ2n) is 4.75. The zero-order chi connectivity index (χ0) is 13.0. The van der Waals surface area contributed by atoms with Crippen molar-refractivity contribution in [2.75, 3.05) is 14.1 Å². The lowest BCUT2D eigenvalue weighted by molar-refractivity contribution is -0.130. The average molecular weight is 234 g/mol. The molecule has 1 amide bonds. The Morgan fingerprint density at radius 3 is 2.18 bits per heavy atom. The topological polar surface area (TPSA) is 32.3 Å². The molecule has 2 atom stereocenters. The van der Waals surface area contributed by atoms with Crippen LogP contribution in [0.5, 0.6) is 0 Å². The van der Waals surface area contributed by atoms with E-state index in [1.54, 1.807) is 19.0 Å². The average Bonchev–Trinajstić information content (AvgIpc) is 2.28. The van der Waals surface area contributed by atoms with E-state index >= 15 is 0 Å². The first kappa shape index (κ1) is 13.7. The predicted octanol–water partition coefficient (Wildman–Crippen LogP) is 2.12. The molecular formula is C14H22N2O. The molecule has 0 heterocycles. The zero-order valence-electron chi connectivity index (χ0n) is 11.3. The van der Waals surface area contributed by atoms with Crippen molar-refractivity contribution in [3.05, 3.63) is 35.4 Å². The minimum absolute atomic E-state index is 0.101. The highest BCUT2D eigenvalue weighted by Gasteiger charge is 2.17. The number of benzene rings is 1. The Labute approximate surface area is 104 Å². The van der Waals surface area contributed by atoms with E-state index in [-0.39, 0.29) is 18.0 Å². The fourth-order valence-corrected chi connectivity index (χ4v) is 1.78. The summed E-state index contributed by atoms with van der Waals surface area (Å²) in [4.78, 5) is 13.3. The SMILES string of the molecule is Cc1ccc([C@H](C)NC(C)C(=O)N(C)C)cc1. The number of amides is 1. The summed E-state index contributed by atoms with van der Waals surface area (Å²) in [5, 5.41) is 3.31. The fourth-order valence-electron chi connectivity index (χ4n) is 1.78. The molecule has 3 nitrogen and oxygen atoms in total. The van der Waals surface area contributed by atoms with Crippen molar-refractivity contribution in [3.8, 4) is 0 Å². The molecule has 1 N–H and O–H groups in total. The monoisotopic (exact) mass is 234 g/mol. The van der Waals surface area contributed by atoms with E-state index in [4.69, 9.17) is 0 Å². The van der Waals surface area contributed by atoms with Crippen molar-refractivity contribution in [2.45, 2.75) is 32.9 Å². The number of carbonyl (C=O) groups excluding carboxylic acids is 1. The maximum absolute atomic E-state index is 11.7. The van der Waals surface area contributed by atoms with Gasteiger partial charge in [0.1, 0.15) is 0 Å². The van der Waals surface area contributed by atoms with Gasteiger partial charge in [-0.25, -0.2) is 0 Å². The van der Waals surface area contributed by atoms with Crippen molar-refractivity contribution in [3.63, 3.8) is 0 Å². The molecule has 1 aromatic rings. The lowest BCUT2D eigenvalue weighted by Gasteiger charge is -2.22. The first-order valence-electron chi connectivity index (χ1n) is 5.95. The Kier molecular flexibility index (Phi) is 4.70. The molecular weight excluding hydrogens is 212 g/mol. The van der Waals surface area contributed by atoms with Gasteiger partial charge in [0.2, 0.25) is 5.91 Å². The van der Waals surface area contributed by atoms with Gasteiger partial charge in [-0.1, -0.05) is 29.8 Å². The van der Waals surface area contributed by atoms with E-state index in [1.807, 2.05) is 6.92 Å². The van der Waals surface area contributed by atoms with Crippen LogP contribution < -0.4 is 5.32 Å². The van der Waals surface area contributed by atoms with Gasteiger partial charge in [-0.05, 0) is 26.3 Å². The van der Waals surface area contributed by atoms with Crippen molar-refractivity contribution >= 4 is 5.91 Å². The normalized spacial score (nSPS) is 14.2. The van der Waals surface area contributed by atoms with Crippen LogP contribution in [0, 0.1) is 6.92 Å². The highest BCUT2D eigenvalue weighted by atomic mass is 16.2. The number of hydrogen-bond donors (Lipinski definition) is 1. The Morgan fingerprint density at radius 1 is 1.18 bits per heavy atom. The summed E-state index contributed by atoms with van der Waals surface area (Å²) in [6.07, 6.45) is 0. The minimum Gasteiger partial charge on any atom is -0.347 e. The number of nitrogens with one attached hydrogen (secondary N) is 1. The van der Waals surface area contributed by atoms with Gasteiger partial charge in [-0.3, -0.25) is 10.1 Å². The summed E-state index contributed by atoms with van der Waals surface area (Å²) in [6.45, 7) is 6.04. The van der Waals surface area contributed by atoms with Crippen LogP contribution in [0.1, 0.15) is 31.0 Å². The van der Waals surface area contributed by atoms with Crippen molar-refractivity contribution in [1.29, 1.82) is 0 Å². The summed E-state index contributed by atoms with van der Waals surface area (Å²) in [5.74, 6) is 0.101. The lowest BCUT2D eigenvalue weighted by atomic mass is 10.1. The maximum Gasteiger partial charge on any atom is 0.238 e. The predicted molar refractivity (Wildman–Crippen MR) is 70.9 cm³/mol. The third-order valence-electron chi connectivity index (χ3n) is 2.89. The van der Waals surface area contributed by atoms with Gasteiger partial charge in [0.05, 0.1) is 6.04 Å². The molecule has 0 bridgehead atoms. The number of likely N-dealkylation sites (N-methyl/N-ethyl adjacent to an activating group) is 1. The molecule has 3 heteroatoms. The van der Waals surface area contributed by atoms with E-state index in [9.17, 15) is 4.79 Å². The van der Waals surface area contributed by atoms with E-state index in [2.05, 4.69) is 43.4 Å². The first-order chi connectivity index (χ1) is 7.91. The molecule has 94 valence electrons. The van der Waals surface area contributed by atoms with Crippen LogP contribution in [-0.4, -0.2) is 30.9 Å². The molecule has 1 aromatic carbocycles. The van der Waals surface area contributed by atoms with E-state index in [0.29, 0.717) is 0 Å². The molecule has 0 radical (unpaired) electrons. The van der Waals surface area contributed by atoms with Gasteiger partial charge in [0, 0.05) is 20.1 Å². The highest BCUT2D eigenvalue weighted by molar-refractivity contribution is 5.80. The van der Waals surface area contributed by atoms with Crippen LogP contribution in [0.15, 0.2) is 24.3 Å². The lowest BCUT2D eigenvalue weighted by Crippen LogP contribution is -2.42. The molecule has 1 unspecified atom stereocenters. The van der Waals surface area contributed by atoms with Crippen molar-refractivity contribution in [1.82, 2.24) is 10.2 Å². The summed E-state index contributed by atoms with van der Waals surface area (Å²) in [7, 11) is 3.55. The molecule has 0 saturated heterocycles. The highest BCUT2D eigenvalue weighted by Crippen LogP contribution is 2.13. The van der Waals surface area contributed by atoms with Gasteiger partial charge in [-0.15, -0.1) is 0 Å². The van der Waals surface area contributed by atoms with E-state index in [1.165, 1.54) is 11.1 Å². The summed E-state index contributed by atoms with van der Waals surface area (Å²) in [6, 6.07) is 8.38. The third kappa shape index (κ3) is 3.86. The summed E-state index contributed by atoms with van der Waals surface area (Å²) < 4.78 is 0. The molecule has 0 fully saturated rings. The van der Waals surface area contributed by atoms with Gasteiger partial charge >= 0.3 is 0 Å². The molecule has 0 aromatic heterocycles. The number of rotatable bonds is 4. The van der Waals surface area contributed by atoms with Gasteiger partial charge in [-0.2, -0.15) is 0 Å². The number of aryl methyl sites for hydroxylation is 1. The number of nitrogens with zero attached hydrogens (tertiary/aromatic N) is 1. The Balaban J connectivity index is 2.63. The van der Waals surface area contributed by atoms with Crippen molar-refractivity contribution in [2.24, 2.45) is 0 Å². The number of hydrogen-bond acceptors (Lipinski definition) is 2. The summed E-state index contributed by atoms with van der Waals surface area (Å²) in [5.41, 5.74) is 2.45. The fraction of sp³-hybridized carbons (Fsp3) is 0.500. The largest absolute Gasteiger partial charge is 0.347 e. The van der Waals surface area contributed by atoms with Crippen LogP contribution in [0.4, 0.5) is 0 Å². The zero-order valence-corrected chi connectivity index (χ0v) is 11.3. The van der Waals surface area contributed by atoms with Crippen LogP contribution in [-0.2, 0) is 4.79 Å². The standard InChI is InChI=1S/C14H22N2O/c1-10-6-8-13(9-7-10)11(2)15-12(3)14(17)16(4)5/h6-9,11-12,15H,1-5H3/t11-,12?/m0/s1. The summed E-state index contributed by atoms with van der Waals surface area (Å²) >= 11 is 0. The molecule has 0 spiro atoms. The van der Waals surface area contributed by atoms with Crippen molar-refractivity contribution < 1.29 is 4.79 Å². The Bertz CT molecular complexity index is 370. The second kappa shape index (κ2) is 5.82. The maximum atomic E-state index is 11.7. The van der Waals surface area contributed by atoms with E-state index in [0.717, 1.165) is 0 Å². The van der Waals surface area contributed by atoms with Crippen LogP contribution in [0.3, 0.4) is 0 Å². The molecule has 0 aliphatic heterocycles. The number of carbonyl (C=O) groups is 1. The molecule has 0 aliphatic rings. The Hall–Kier alpha value is -1.35. The van der Waals surface area contributed by atoms with Crippen LogP contribution >= 0.6 is 0 Å². The van der Waals surface area contributed by atoms with E-state index < -0.39 is 0 Å². The quantitative estimate of drug-likeness (QED) is 0.865. The minimum atomic E-state index is -0.165. The molecule has 17 heavy (non-hydrogen) atoms. The van der Waals surface area contributed by atoms with Crippen LogP contribution in [0.2, 0.25) is 0 Å².